The summed E-state index contributed by atoms with van der Waals surface area (Å²) in [4.78, 5) is 15.4. The molecule has 0 heterocycles. The number of hydrogen-bond donors (Lipinski definition) is 2. The molecule has 0 spiro atoms. The number of hydrogen-bond acceptors (Lipinski definition) is 4. The van der Waals surface area contributed by atoms with E-state index in [0.29, 0.717) is 20.9 Å². The molecule has 88 valence electrons. The lowest BCUT2D eigenvalue weighted by molar-refractivity contribution is 0.100. The number of primary amides is 1. The Morgan fingerprint density at radius 3 is 2.88 bits per heavy atom. The highest BCUT2D eigenvalue weighted by Gasteiger charge is 2.11. The molecule has 1 aromatic rings. The number of halogens is 1. The number of carbonyl (C=O) groups excluding carboxylic acids is 1. The number of thioether (sulfide) groups is 1. The summed E-state index contributed by atoms with van der Waals surface area (Å²) in [7, 11) is 0. The van der Waals surface area contributed by atoms with Gasteiger partial charge in [-0.25, -0.2) is 4.99 Å². The molecule has 1 amide bonds. The van der Waals surface area contributed by atoms with Gasteiger partial charge < -0.3 is 5.73 Å². The van der Waals surface area contributed by atoms with Gasteiger partial charge in [-0.1, -0.05) is 17.8 Å². The van der Waals surface area contributed by atoms with Gasteiger partial charge >= 0.3 is 0 Å². The van der Waals surface area contributed by atoms with Crippen LogP contribution >= 0.6 is 27.7 Å². The maximum Gasteiger partial charge on any atom is 0.250 e. The Bertz CT molecular complexity index is 510. The second-order valence-corrected chi connectivity index (χ2v) is 4.51. The van der Waals surface area contributed by atoms with Gasteiger partial charge in [-0.3, -0.25) is 10.1 Å². The van der Waals surface area contributed by atoms with Gasteiger partial charge in [0.1, 0.15) is 0 Å². The molecule has 1 rings (SSSR count). The molecule has 1 aromatic carbocycles. The van der Waals surface area contributed by atoms with Crippen molar-refractivity contribution in [3.8, 4) is 6.19 Å². The van der Waals surface area contributed by atoms with E-state index in [2.05, 4.69) is 26.2 Å². The van der Waals surface area contributed by atoms with Crippen LogP contribution in [-0.2, 0) is 0 Å². The van der Waals surface area contributed by atoms with Gasteiger partial charge in [0.15, 0.2) is 11.4 Å². The third-order valence-electron chi connectivity index (χ3n) is 1.82. The lowest BCUT2D eigenvalue weighted by Crippen LogP contribution is -2.14. The van der Waals surface area contributed by atoms with Crippen LogP contribution < -0.4 is 11.1 Å². The van der Waals surface area contributed by atoms with Crippen molar-refractivity contribution in [1.29, 1.82) is 5.26 Å². The second kappa shape index (κ2) is 6.27. The van der Waals surface area contributed by atoms with Crippen molar-refractivity contribution in [2.45, 2.75) is 0 Å². The van der Waals surface area contributed by atoms with Crippen LogP contribution in [0, 0.1) is 11.5 Å². The lowest BCUT2D eigenvalue weighted by Gasteiger charge is -2.06. The largest absolute Gasteiger partial charge is 0.366 e. The number of carbonyl (C=O) groups is 1. The zero-order valence-corrected chi connectivity index (χ0v) is 11.3. The van der Waals surface area contributed by atoms with Crippen LogP contribution in [-0.4, -0.2) is 17.3 Å². The first-order valence-corrected chi connectivity index (χ1v) is 6.48. The number of aliphatic imine (C=N–C) groups is 1. The summed E-state index contributed by atoms with van der Waals surface area (Å²) in [5, 5.41) is 11.3. The fourth-order valence-corrected chi connectivity index (χ4v) is 1.89. The standard InChI is InChI=1S/C10H9BrN4OS/c1-17-10(14-5-12)15-8-6(9(13)16)3-2-4-7(8)11/h2-4H,1H3,(H2,13,16)(H,14,15). The molecule has 0 saturated heterocycles. The van der Waals surface area contributed by atoms with E-state index < -0.39 is 5.91 Å². The topological polar surface area (TPSA) is 91.3 Å². The third kappa shape index (κ3) is 3.47. The van der Waals surface area contributed by atoms with E-state index in [1.54, 1.807) is 30.6 Å². The molecule has 0 aliphatic carbocycles. The van der Waals surface area contributed by atoms with Crippen molar-refractivity contribution in [3.63, 3.8) is 0 Å². The average molecular weight is 313 g/mol. The minimum atomic E-state index is -0.567. The van der Waals surface area contributed by atoms with E-state index in [9.17, 15) is 4.79 Å². The quantitative estimate of drug-likeness (QED) is 0.378. The number of amides is 1. The molecule has 3 N–H and O–H groups in total. The van der Waals surface area contributed by atoms with E-state index in [1.165, 1.54) is 11.8 Å². The van der Waals surface area contributed by atoms with Crippen LogP contribution in [0.2, 0.25) is 0 Å². The van der Waals surface area contributed by atoms with Crippen LogP contribution in [0.3, 0.4) is 0 Å². The molecule has 0 atom stereocenters. The number of nitrogens with two attached hydrogens (primary N) is 1. The number of rotatable bonds is 2. The second-order valence-electron chi connectivity index (χ2n) is 2.86. The van der Waals surface area contributed by atoms with Crippen molar-refractivity contribution in [1.82, 2.24) is 5.32 Å². The average Bonchev–Trinajstić information content (AvgIpc) is 2.30. The van der Waals surface area contributed by atoms with E-state index in [1.807, 2.05) is 0 Å². The Morgan fingerprint density at radius 2 is 2.35 bits per heavy atom. The van der Waals surface area contributed by atoms with Crippen molar-refractivity contribution < 1.29 is 4.79 Å². The molecule has 0 aromatic heterocycles. The summed E-state index contributed by atoms with van der Waals surface area (Å²) in [6, 6.07) is 5.02. The summed E-state index contributed by atoms with van der Waals surface area (Å²) >= 11 is 4.55. The van der Waals surface area contributed by atoms with E-state index in [-0.39, 0.29) is 0 Å². The fourth-order valence-electron chi connectivity index (χ4n) is 1.10. The monoisotopic (exact) mass is 312 g/mol. The van der Waals surface area contributed by atoms with Crippen LogP contribution in [0.25, 0.3) is 0 Å². The first kappa shape index (κ1) is 13.5. The summed E-state index contributed by atoms with van der Waals surface area (Å²) in [6.07, 6.45) is 3.54. The molecule has 0 fully saturated rings. The highest BCUT2D eigenvalue weighted by Crippen LogP contribution is 2.29. The van der Waals surface area contributed by atoms with Gasteiger partial charge in [0.05, 0.1) is 11.3 Å². The number of nitriles is 1. The molecule has 0 radical (unpaired) electrons. The molecule has 0 aliphatic heterocycles. The molecular formula is C10H9BrN4OS. The van der Waals surface area contributed by atoms with Crippen molar-refractivity contribution in [2.24, 2.45) is 10.7 Å². The Kier molecular flexibility index (Phi) is 5.00. The van der Waals surface area contributed by atoms with Gasteiger partial charge in [0.25, 0.3) is 5.91 Å². The molecule has 0 bridgehead atoms. The van der Waals surface area contributed by atoms with Gasteiger partial charge in [-0.15, -0.1) is 0 Å². The van der Waals surface area contributed by atoms with E-state index >= 15 is 0 Å². The molecule has 17 heavy (non-hydrogen) atoms. The summed E-state index contributed by atoms with van der Waals surface area (Å²) in [5.41, 5.74) is 5.96. The lowest BCUT2D eigenvalue weighted by atomic mass is 10.2. The Balaban J connectivity index is 3.30. The molecule has 0 saturated carbocycles. The molecule has 5 nitrogen and oxygen atoms in total. The zero-order valence-electron chi connectivity index (χ0n) is 8.90. The van der Waals surface area contributed by atoms with Crippen molar-refractivity contribution >= 4 is 44.5 Å². The predicted octanol–water partition coefficient (Wildman–Crippen LogP) is 1.97. The van der Waals surface area contributed by atoms with Crippen LogP contribution in [0.5, 0.6) is 0 Å². The van der Waals surface area contributed by atoms with Gasteiger partial charge in [0, 0.05) is 4.47 Å². The normalized spacial score (nSPS) is 10.8. The Labute approximate surface area is 111 Å². The Morgan fingerprint density at radius 1 is 1.65 bits per heavy atom. The minimum Gasteiger partial charge on any atom is -0.366 e. The highest BCUT2D eigenvalue weighted by molar-refractivity contribution is 9.10. The molecular weight excluding hydrogens is 304 g/mol. The van der Waals surface area contributed by atoms with Gasteiger partial charge in [-0.05, 0) is 34.3 Å². The van der Waals surface area contributed by atoms with Crippen molar-refractivity contribution in [3.05, 3.63) is 28.2 Å². The molecule has 7 heteroatoms. The third-order valence-corrected chi connectivity index (χ3v) is 3.04. The fraction of sp³-hybridized carbons (Fsp3) is 0.100. The predicted molar refractivity (Wildman–Crippen MR) is 72.0 cm³/mol. The smallest absolute Gasteiger partial charge is 0.250 e. The molecule has 0 unspecified atom stereocenters. The molecule has 0 aliphatic rings. The number of amidine groups is 1. The SMILES string of the molecule is CSC(=Nc1c(Br)cccc1C(N)=O)NC#N. The highest BCUT2D eigenvalue weighted by atomic mass is 79.9. The maximum atomic E-state index is 11.2. The number of nitrogens with zero attached hydrogens (tertiary/aromatic N) is 2. The van der Waals surface area contributed by atoms with Gasteiger partial charge in [-0.2, -0.15) is 5.26 Å². The number of nitrogens with one attached hydrogen (secondary N) is 1. The minimum absolute atomic E-state index is 0.297. The van der Waals surface area contributed by atoms with Crippen LogP contribution in [0.15, 0.2) is 27.7 Å². The van der Waals surface area contributed by atoms with E-state index in [0.717, 1.165) is 0 Å². The number of benzene rings is 1. The summed E-state index contributed by atoms with van der Waals surface area (Å²) in [6.45, 7) is 0. The van der Waals surface area contributed by atoms with Crippen molar-refractivity contribution in [2.75, 3.05) is 6.26 Å². The maximum absolute atomic E-state index is 11.2. The summed E-state index contributed by atoms with van der Waals surface area (Å²) < 4.78 is 0.639. The number of para-hydroxylation sites is 1. The zero-order chi connectivity index (χ0) is 12.8. The summed E-state index contributed by atoms with van der Waals surface area (Å²) in [5.74, 6) is -0.567. The van der Waals surface area contributed by atoms with E-state index in [4.69, 9.17) is 11.0 Å². The van der Waals surface area contributed by atoms with Gasteiger partial charge in [0.2, 0.25) is 0 Å². The Hall–Kier alpha value is -1.52. The van der Waals surface area contributed by atoms with Crippen LogP contribution in [0.1, 0.15) is 10.4 Å². The van der Waals surface area contributed by atoms with Crippen LogP contribution in [0.4, 0.5) is 5.69 Å². The first-order chi connectivity index (χ1) is 8.10. The first-order valence-electron chi connectivity index (χ1n) is 4.46.